The van der Waals surface area contributed by atoms with Crippen molar-refractivity contribution in [2.45, 2.75) is 32.8 Å². The number of carbonyl (C=O) groups is 1. The first kappa shape index (κ1) is 17.1. The third-order valence-electron chi connectivity index (χ3n) is 2.32. The van der Waals surface area contributed by atoms with Gasteiger partial charge in [0, 0.05) is 24.1 Å². The van der Waals surface area contributed by atoms with Crippen LogP contribution in [0.1, 0.15) is 26.3 Å². The lowest BCUT2D eigenvalue weighted by Gasteiger charge is -2.19. The van der Waals surface area contributed by atoms with E-state index in [0.717, 1.165) is 0 Å². The molecule has 1 aromatic rings. The van der Waals surface area contributed by atoms with Gasteiger partial charge in [0.05, 0.1) is 0 Å². The Balaban J connectivity index is 2.57. The first-order valence-electron chi connectivity index (χ1n) is 6.24. The molecule has 0 atom stereocenters. The summed E-state index contributed by atoms with van der Waals surface area (Å²) in [6.45, 7) is 8.34. The molecular formula is C15H17F3O3. The highest BCUT2D eigenvalue weighted by Gasteiger charge is 2.18. The summed E-state index contributed by atoms with van der Waals surface area (Å²) in [7, 11) is 0. The van der Waals surface area contributed by atoms with Gasteiger partial charge in [-0.1, -0.05) is 6.58 Å². The van der Waals surface area contributed by atoms with Crippen LogP contribution in [-0.4, -0.2) is 18.4 Å². The van der Waals surface area contributed by atoms with Crippen LogP contribution in [0.3, 0.4) is 0 Å². The molecule has 6 heteroatoms. The number of halogens is 3. The Morgan fingerprint density at radius 3 is 2.19 bits per heavy atom. The molecule has 3 nitrogen and oxygen atoms in total. The summed E-state index contributed by atoms with van der Waals surface area (Å²) in [6, 6.07) is 1.17. The molecule has 0 amide bonds. The number of ether oxygens (including phenoxy) is 2. The van der Waals surface area contributed by atoms with Crippen molar-refractivity contribution in [1.29, 1.82) is 0 Å². The van der Waals surface area contributed by atoms with Gasteiger partial charge in [-0.15, -0.1) is 0 Å². The van der Waals surface area contributed by atoms with Crippen LogP contribution >= 0.6 is 0 Å². The Labute approximate surface area is 121 Å². The quantitative estimate of drug-likeness (QED) is 0.619. The van der Waals surface area contributed by atoms with E-state index in [1.807, 2.05) is 0 Å². The van der Waals surface area contributed by atoms with Gasteiger partial charge < -0.3 is 9.47 Å². The molecule has 0 aliphatic rings. The Hall–Kier alpha value is -1.98. The van der Waals surface area contributed by atoms with Crippen molar-refractivity contribution in [3.8, 4) is 0 Å². The van der Waals surface area contributed by atoms with Gasteiger partial charge in [0.25, 0.3) is 0 Å². The predicted molar refractivity (Wildman–Crippen MR) is 71.3 cm³/mol. The number of carbonyl (C=O) groups excluding carboxylic acids is 1. The van der Waals surface area contributed by atoms with Gasteiger partial charge in [0.1, 0.15) is 29.7 Å². The van der Waals surface area contributed by atoms with Gasteiger partial charge in [-0.05, 0) is 26.3 Å². The van der Waals surface area contributed by atoms with E-state index in [0.29, 0.717) is 12.1 Å². The molecule has 116 valence electrons. The molecule has 0 bridgehead atoms. The van der Waals surface area contributed by atoms with Crippen LogP contribution in [0.5, 0.6) is 0 Å². The summed E-state index contributed by atoms with van der Waals surface area (Å²) in [5.41, 5.74) is -0.771. The standard InChI is InChI=1S/C15H17F3O3/c1-9(8-20-14(19)21-15(2,3)4)5-11-12(17)6-10(16)7-13(11)18/h6-7H,1,5,8H2,2-4H3. The van der Waals surface area contributed by atoms with Gasteiger partial charge in [-0.2, -0.15) is 0 Å². The highest BCUT2D eigenvalue weighted by molar-refractivity contribution is 5.60. The fraction of sp³-hybridized carbons (Fsp3) is 0.400. The summed E-state index contributed by atoms with van der Waals surface area (Å²) in [4.78, 5) is 11.3. The first-order valence-corrected chi connectivity index (χ1v) is 6.24. The van der Waals surface area contributed by atoms with Crippen molar-refractivity contribution in [2.75, 3.05) is 6.61 Å². The van der Waals surface area contributed by atoms with Crippen LogP contribution < -0.4 is 0 Å². The van der Waals surface area contributed by atoms with Gasteiger partial charge in [-0.25, -0.2) is 18.0 Å². The zero-order valence-corrected chi connectivity index (χ0v) is 12.1. The molecule has 0 aromatic heterocycles. The van der Waals surface area contributed by atoms with Crippen molar-refractivity contribution in [3.05, 3.63) is 47.3 Å². The molecule has 0 aliphatic heterocycles. The van der Waals surface area contributed by atoms with E-state index in [1.54, 1.807) is 20.8 Å². The summed E-state index contributed by atoms with van der Waals surface area (Å²) >= 11 is 0. The summed E-state index contributed by atoms with van der Waals surface area (Å²) in [6.07, 6.45) is -1.11. The molecule has 0 spiro atoms. The van der Waals surface area contributed by atoms with E-state index in [1.165, 1.54) is 0 Å². The van der Waals surface area contributed by atoms with Crippen molar-refractivity contribution in [1.82, 2.24) is 0 Å². The fourth-order valence-corrected chi connectivity index (χ4v) is 1.48. The van der Waals surface area contributed by atoms with Crippen molar-refractivity contribution >= 4 is 6.16 Å². The van der Waals surface area contributed by atoms with Crippen LogP contribution in [0.15, 0.2) is 24.3 Å². The Morgan fingerprint density at radius 2 is 1.71 bits per heavy atom. The van der Waals surface area contributed by atoms with E-state index < -0.39 is 29.2 Å². The maximum Gasteiger partial charge on any atom is 0.509 e. The summed E-state index contributed by atoms with van der Waals surface area (Å²) in [5, 5.41) is 0. The number of benzene rings is 1. The van der Waals surface area contributed by atoms with Gasteiger partial charge in [-0.3, -0.25) is 0 Å². The van der Waals surface area contributed by atoms with Crippen LogP contribution in [-0.2, 0) is 15.9 Å². The molecule has 0 aliphatic carbocycles. The Morgan fingerprint density at radius 1 is 1.19 bits per heavy atom. The highest BCUT2D eigenvalue weighted by atomic mass is 19.1. The molecule has 21 heavy (non-hydrogen) atoms. The number of hydrogen-bond donors (Lipinski definition) is 0. The predicted octanol–water partition coefficient (Wildman–Crippen LogP) is 4.15. The molecular weight excluding hydrogens is 285 g/mol. The summed E-state index contributed by atoms with van der Waals surface area (Å²) in [5.74, 6) is -3.01. The average Bonchev–Trinajstić information content (AvgIpc) is 2.29. The van der Waals surface area contributed by atoms with Gasteiger partial charge in [0.2, 0.25) is 0 Å². The second-order valence-electron chi connectivity index (χ2n) is 5.53. The molecule has 0 fully saturated rings. The topological polar surface area (TPSA) is 35.5 Å². The van der Waals surface area contributed by atoms with E-state index in [4.69, 9.17) is 9.47 Å². The van der Waals surface area contributed by atoms with Crippen LogP contribution in [0.4, 0.5) is 18.0 Å². The lowest BCUT2D eigenvalue weighted by molar-refractivity contribution is -0.00355. The molecule has 0 heterocycles. The third kappa shape index (κ3) is 5.89. The Bertz CT molecular complexity index is 525. The van der Waals surface area contributed by atoms with E-state index >= 15 is 0 Å². The zero-order valence-electron chi connectivity index (χ0n) is 12.1. The fourth-order valence-electron chi connectivity index (χ4n) is 1.48. The second-order valence-corrected chi connectivity index (χ2v) is 5.53. The third-order valence-corrected chi connectivity index (χ3v) is 2.32. The molecule has 0 N–H and O–H groups in total. The van der Waals surface area contributed by atoms with Gasteiger partial charge >= 0.3 is 6.16 Å². The largest absolute Gasteiger partial charge is 0.509 e. The minimum atomic E-state index is -1.01. The number of rotatable bonds is 4. The minimum absolute atomic E-state index is 0.208. The average molecular weight is 302 g/mol. The number of hydrogen-bond acceptors (Lipinski definition) is 3. The van der Waals surface area contributed by atoms with Crippen LogP contribution in [0.2, 0.25) is 0 Å². The maximum absolute atomic E-state index is 13.4. The van der Waals surface area contributed by atoms with Crippen molar-refractivity contribution < 1.29 is 27.4 Å². The van der Waals surface area contributed by atoms with E-state index in [2.05, 4.69) is 6.58 Å². The summed E-state index contributed by atoms with van der Waals surface area (Å²) < 4.78 is 49.3. The molecule has 0 saturated heterocycles. The minimum Gasteiger partial charge on any atom is -0.430 e. The molecule has 1 rings (SSSR count). The molecule has 0 saturated carbocycles. The highest BCUT2D eigenvalue weighted by Crippen LogP contribution is 2.18. The molecule has 1 aromatic carbocycles. The monoisotopic (exact) mass is 302 g/mol. The SMILES string of the molecule is C=C(COC(=O)OC(C)(C)C)Cc1c(F)cc(F)cc1F. The van der Waals surface area contributed by atoms with Crippen LogP contribution in [0.25, 0.3) is 0 Å². The normalized spacial score (nSPS) is 11.1. The van der Waals surface area contributed by atoms with Crippen molar-refractivity contribution in [2.24, 2.45) is 0 Å². The lowest BCUT2D eigenvalue weighted by Crippen LogP contribution is -2.25. The van der Waals surface area contributed by atoms with E-state index in [9.17, 15) is 18.0 Å². The van der Waals surface area contributed by atoms with E-state index in [-0.39, 0.29) is 24.2 Å². The molecule has 0 radical (unpaired) electrons. The smallest absolute Gasteiger partial charge is 0.430 e. The lowest BCUT2D eigenvalue weighted by atomic mass is 10.1. The zero-order chi connectivity index (χ0) is 16.2. The Kier molecular flexibility index (Phi) is 5.41. The van der Waals surface area contributed by atoms with Crippen molar-refractivity contribution in [3.63, 3.8) is 0 Å². The van der Waals surface area contributed by atoms with Crippen LogP contribution in [0, 0.1) is 17.5 Å². The second kappa shape index (κ2) is 6.65. The maximum atomic E-state index is 13.4. The molecule has 0 unspecified atom stereocenters. The first-order chi connectivity index (χ1) is 9.58. The van der Waals surface area contributed by atoms with Gasteiger partial charge in [0.15, 0.2) is 0 Å².